The SMILES string of the molecule is Cc1ccc(CNC(=O)C(=O)Nn2c(C(=O)Nc3cccc(Cl)c3)cc3cc(Br)ccc32)cc1. The highest BCUT2D eigenvalue weighted by Gasteiger charge is 2.21. The number of carbonyl (C=O) groups is 3. The Morgan fingerprint density at radius 2 is 1.71 bits per heavy atom. The molecule has 0 saturated carbocycles. The molecule has 0 atom stereocenters. The van der Waals surface area contributed by atoms with E-state index in [1.54, 1.807) is 42.5 Å². The molecule has 0 aliphatic rings. The number of amides is 3. The van der Waals surface area contributed by atoms with Crippen LogP contribution < -0.4 is 16.1 Å². The highest BCUT2D eigenvalue weighted by molar-refractivity contribution is 9.10. The molecule has 1 heterocycles. The van der Waals surface area contributed by atoms with Crippen LogP contribution in [-0.2, 0) is 16.1 Å². The molecule has 0 radical (unpaired) electrons. The summed E-state index contributed by atoms with van der Waals surface area (Å²) in [5, 5.41) is 6.53. The predicted octanol–water partition coefficient (Wildman–Crippen LogP) is 5.00. The van der Waals surface area contributed by atoms with Gasteiger partial charge in [0.2, 0.25) is 0 Å². The first-order chi connectivity index (χ1) is 16.3. The molecule has 4 aromatic rings. The average Bonchev–Trinajstić information content (AvgIpc) is 3.15. The molecular weight excluding hydrogens is 520 g/mol. The number of rotatable bonds is 5. The fourth-order valence-electron chi connectivity index (χ4n) is 3.36. The number of nitrogens with zero attached hydrogens (tertiary/aromatic N) is 1. The standard InChI is InChI=1S/C25H20BrClN4O3/c1-15-5-7-16(8-6-15)14-28-24(33)25(34)30-31-21-10-9-18(26)11-17(21)12-22(31)23(32)29-20-4-2-3-19(27)13-20/h2-13H,14H2,1H3,(H,28,33)(H,29,32)(H,30,34). The van der Waals surface area contributed by atoms with Crippen LogP contribution in [0.2, 0.25) is 5.02 Å². The number of fused-ring (bicyclic) bond motifs is 1. The molecule has 3 N–H and O–H groups in total. The van der Waals surface area contributed by atoms with Crippen molar-refractivity contribution in [3.05, 3.63) is 99.1 Å². The molecule has 1 aromatic heterocycles. The first-order valence-corrected chi connectivity index (χ1v) is 11.5. The van der Waals surface area contributed by atoms with E-state index in [0.717, 1.165) is 15.6 Å². The van der Waals surface area contributed by atoms with E-state index in [9.17, 15) is 14.4 Å². The van der Waals surface area contributed by atoms with E-state index in [-0.39, 0.29) is 12.2 Å². The van der Waals surface area contributed by atoms with Crippen LogP contribution in [0.4, 0.5) is 5.69 Å². The first kappa shape index (κ1) is 23.5. The lowest BCUT2D eigenvalue weighted by atomic mass is 10.1. The Bertz CT molecular complexity index is 1400. The first-order valence-electron chi connectivity index (χ1n) is 10.3. The molecule has 0 spiro atoms. The molecule has 9 heteroatoms. The third-order valence-electron chi connectivity index (χ3n) is 5.07. The minimum absolute atomic E-state index is 0.146. The minimum atomic E-state index is -0.899. The summed E-state index contributed by atoms with van der Waals surface area (Å²) in [6.45, 7) is 2.17. The Morgan fingerprint density at radius 1 is 0.941 bits per heavy atom. The zero-order valence-electron chi connectivity index (χ0n) is 18.1. The van der Waals surface area contributed by atoms with Gasteiger partial charge in [-0.2, -0.15) is 0 Å². The van der Waals surface area contributed by atoms with Gasteiger partial charge < -0.3 is 10.6 Å². The van der Waals surface area contributed by atoms with Gasteiger partial charge in [0.15, 0.2) is 0 Å². The lowest BCUT2D eigenvalue weighted by molar-refractivity contribution is -0.136. The smallest absolute Gasteiger partial charge is 0.328 e. The molecule has 0 saturated heterocycles. The zero-order chi connectivity index (χ0) is 24.2. The molecular formula is C25H20BrClN4O3. The average molecular weight is 540 g/mol. The van der Waals surface area contributed by atoms with Crippen LogP contribution in [0.1, 0.15) is 21.6 Å². The van der Waals surface area contributed by atoms with Crippen LogP contribution in [0, 0.1) is 6.92 Å². The van der Waals surface area contributed by atoms with Crippen molar-refractivity contribution in [2.45, 2.75) is 13.5 Å². The number of carbonyl (C=O) groups excluding carboxylic acids is 3. The molecule has 34 heavy (non-hydrogen) atoms. The lowest BCUT2D eigenvalue weighted by Gasteiger charge is -2.13. The van der Waals surface area contributed by atoms with Gasteiger partial charge in [-0.1, -0.05) is 63.4 Å². The second-order valence-corrected chi connectivity index (χ2v) is 8.99. The van der Waals surface area contributed by atoms with Crippen LogP contribution in [0.15, 0.2) is 77.3 Å². The van der Waals surface area contributed by atoms with Gasteiger partial charge in [-0.05, 0) is 55.0 Å². The summed E-state index contributed by atoms with van der Waals surface area (Å²) in [6.07, 6.45) is 0. The Labute approximate surface area is 209 Å². The highest BCUT2D eigenvalue weighted by Crippen LogP contribution is 2.24. The van der Waals surface area contributed by atoms with Gasteiger partial charge >= 0.3 is 11.8 Å². The van der Waals surface area contributed by atoms with Gasteiger partial charge in [-0.3, -0.25) is 19.8 Å². The van der Waals surface area contributed by atoms with Crippen molar-refractivity contribution in [2.75, 3.05) is 10.7 Å². The predicted molar refractivity (Wildman–Crippen MR) is 136 cm³/mol. The largest absolute Gasteiger partial charge is 0.344 e. The number of halogens is 2. The third kappa shape index (κ3) is 5.47. The Morgan fingerprint density at radius 3 is 2.44 bits per heavy atom. The number of nitrogens with one attached hydrogen (secondary N) is 3. The number of hydrogen-bond acceptors (Lipinski definition) is 3. The van der Waals surface area contributed by atoms with Gasteiger partial charge in [0.1, 0.15) is 5.69 Å². The van der Waals surface area contributed by atoms with E-state index < -0.39 is 17.7 Å². The second kappa shape index (κ2) is 10.1. The maximum atomic E-state index is 13.1. The van der Waals surface area contributed by atoms with E-state index in [2.05, 4.69) is 32.0 Å². The van der Waals surface area contributed by atoms with Crippen LogP contribution >= 0.6 is 27.5 Å². The van der Waals surface area contributed by atoms with Crippen molar-refractivity contribution in [3.63, 3.8) is 0 Å². The van der Waals surface area contributed by atoms with Gasteiger partial charge in [0.05, 0.1) is 5.52 Å². The summed E-state index contributed by atoms with van der Waals surface area (Å²) in [5.74, 6) is -2.19. The van der Waals surface area contributed by atoms with E-state index in [1.807, 2.05) is 37.3 Å². The summed E-state index contributed by atoms with van der Waals surface area (Å²) in [7, 11) is 0. The molecule has 0 aliphatic heterocycles. The summed E-state index contributed by atoms with van der Waals surface area (Å²) in [6, 6.07) is 21.3. The molecule has 4 rings (SSSR count). The van der Waals surface area contributed by atoms with Crippen molar-refractivity contribution in [1.82, 2.24) is 9.99 Å². The Hall–Kier alpha value is -3.62. The molecule has 0 unspecified atom stereocenters. The lowest BCUT2D eigenvalue weighted by Crippen LogP contribution is -2.39. The number of benzene rings is 3. The topological polar surface area (TPSA) is 92.2 Å². The van der Waals surface area contributed by atoms with Crippen molar-refractivity contribution >= 4 is 61.8 Å². The van der Waals surface area contributed by atoms with Crippen LogP contribution in [-0.4, -0.2) is 22.4 Å². The van der Waals surface area contributed by atoms with Crippen molar-refractivity contribution in [2.24, 2.45) is 0 Å². The number of hydrogen-bond donors (Lipinski definition) is 3. The van der Waals surface area contributed by atoms with Gasteiger partial charge in [-0.15, -0.1) is 0 Å². The fourth-order valence-corrected chi connectivity index (χ4v) is 3.93. The van der Waals surface area contributed by atoms with Crippen molar-refractivity contribution in [1.29, 1.82) is 0 Å². The minimum Gasteiger partial charge on any atom is -0.344 e. The quantitative estimate of drug-likeness (QED) is 0.312. The van der Waals surface area contributed by atoms with E-state index in [4.69, 9.17) is 11.6 Å². The number of anilines is 1. The van der Waals surface area contributed by atoms with E-state index in [0.29, 0.717) is 21.6 Å². The zero-order valence-corrected chi connectivity index (χ0v) is 20.4. The normalized spacial score (nSPS) is 10.7. The highest BCUT2D eigenvalue weighted by atomic mass is 79.9. The monoisotopic (exact) mass is 538 g/mol. The maximum Gasteiger partial charge on any atom is 0.328 e. The van der Waals surface area contributed by atoms with Crippen LogP contribution in [0.25, 0.3) is 10.9 Å². The molecule has 7 nitrogen and oxygen atoms in total. The number of aryl methyl sites for hydroxylation is 1. The van der Waals surface area contributed by atoms with Gasteiger partial charge in [0, 0.05) is 27.1 Å². The van der Waals surface area contributed by atoms with Crippen molar-refractivity contribution < 1.29 is 14.4 Å². The summed E-state index contributed by atoms with van der Waals surface area (Å²) in [4.78, 5) is 38.2. The molecule has 3 amide bonds. The molecule has 0 fully saturated rings. The van der Waals surface area contributed by atoms with Gasteiger partial charge in [-0.25, -0.2) is 4.68 Å². The number of aromatic nitrogens is 1. The molecule has 0 aliphatic carbocycles. The molecule has 3 aromatic carbocycles. The molecule has 0 bridgehead atoms. The maximum absolute atomic E-state index is 13.1. The van der Waals surface area contributed by atoms with E-state index in [1.165, 1.54) is 4.68 Å². The summed E-state index contributed by atoms with van der Waals surface area (Å²) >= 11 is 9.42. The Balaban J connectivity index is 1.56. The van der Waals surface area contributed by atoms with Crippen molar-refractivity contribution in [3.8, 4) is 0 Å². The van der Waals surface area contributed by atoms with Crippen LogP contribution in [0.3, 0.4) is 0 Å². The van der Waals surface area contributed by atoms with E-state index >= 15 is 0 Å². The fraction of sp³-hybridized carbons (Fsp3) is 0.0800. The van der Waals surface area contributed by atoms with Gasteiger partial charge in [0.25, 0.3) is 5.91 Å². The summed E-state index contributed by atoms with van der Waals surface area (Å²) < 4.78 is 2.11. The van der Waals surface area contributed by atoms with Crippen LogP contribution in [0.5, 0.6) is 0 Å². The second-order valence-electron chi connectivity index (χ2n) is 7.64. The summed E-state index contributed by atoms with van der Waals surface area (Å²) in [5.41, 5.74) is 5.70. The molecule has 172 valence electrons. The Kier molecular flexibility index (Phi) is 7.00. The third-order valence-corrected chi connectivity index (χ3v) is 5.80.